The summed E-state index contributed by atoms with van der Waals surface area (Å²) in [5, 5.41) is 2.27. The smallest absolute Gasteiger partial charge is 0.254 e. The molecule has 2 nitrogen and oxygen atoms in total. The molecule has 0 fully saturated rings. The third-order valence-electron chi connectivity index (χ3n) is 1.42. The summed E-state index contributed by atoms with van der Waals surface area (Å²) in [6, 6.07) is 4.29. The second-order valence-corrected chi connectivity index (χ2v) is 2.59. The topological polar surface area (TPSA) is 29.1 Å². The maximum atomic E-state index is 13.0. The minimum absolute atomic E-state index is 0.0370. The summed E-state index contributed by atoms with van der Waals surface area (Å²) in [4.78, 5) is 11.0. The van der Waals surface area contributed by atoms with E-state index < -0.39 is 11.7 Å². The van der Waals surface area contributed by atoms with Crippen molar-refractivity contribution in [2.75, 3.05) is 7.05 Å². The Morgan fingerprint density at radius 1 is 1.58 bits per heavy atom. The minimum atomic E-state index is -0.682. The molecule has 0 saturated heterocycles. The third-order valence-corrected chi connectivity index (χ3v) is 1.72. The lowest BCUT2D eigenvalue weighted by atomic mass is 10.2. The van der Waals surface area contributed by atoms with Crippen LogP contribution in [0.15, 0.2) is 18.2 Å². The van der Waals surface area contributed by atoms with Crippen molar-refractivity contribution in [2.45, 2.75) is 0 Å². The summed E-state index contributed by atoms with van der Waals surface area (Å²) in [5.41, 5.74) is -0.0370. The van der Waals surface area contributed by atoms with E-state index in [-0.39, 0.29) is 10.6 Å². The number of benzene rings is 1. The van der Waals surface area contributed by atoms with E-state index in [1.54, 1.807) is 0 Å². The molecule has 0 spiro atoms. The monoisotopic (exact) mass is 187 g/mol. The fraction of sp³-hybridized carbons (Fsp3) is 0.125. The molecule has 0 aromatic heterocycles. The lowest BCUT2D eigenvalue weighted by molar-refractivity contribution is 0.0959. The maximum absolute atomic E-state index is 13.0. The van der Waals surface area contributed by atoms with E-state index in [9.17, 15) is 9.18 Å². The van der Waals surface area contributed by atoms with Gasteiger partial charge in [0.2, 0.25) is 0 Å². The van der Waals surface area contributed by atoms with Crippen LogP contribution in [0.5, 0.6) is 0 Å². The number of halogens is 2. The minimum Gasteiger partial charge on any atom is -0.355 e. The molecule has 1 aromatic rings. The van der Waals surface area contributed by atoms with Gasteiger partial charge in [-0.25, -0.2) is 4.39 Å². The summed E-state index contributed by atoms with van der Waals surface area (Å²) in [6.07, 6.45) is 0. The van der Waals surface area contributed by atoms with E-state index in [1.165, 1.54) is 25.2 Å². The molecule has 12 heavy (non-hydrogen) atoms. The quantitative estimate of drug-likeness (QED) is 0.714. The highest BCUT2D eigenvalue weighted by Gasteiger charge is 2.11. The predicted octanol–water partition coefficient (Wildman–Crippen LogP) is 1.84. The zero-order valence-electron chi connectivity index (χ0n) is 6.40. The lowest BCUT2D eigenvalue weighted by Crippen LogP contribution is -2.19. The summed E-state index contributed by atoms with van der Waals surface area (Å²) in [5.74, 6) is -1.16. The number of carbonyl (C=O) groups is 1. The van der Waals surface area contributed by atoms with Gasteiger partial charge in [0.15, 0.2) is 5.82 Å². The van der Waals surface area contributed by atoms with E-state index in [2.05, 4.69) is 5.32 Å². The van der Waals surface area contributed by atoms with Crippen molar-refractivity contribution in [3.63, 3.8) is 0 Å². The number of hydrogen-bond donors (Lipinski definition) is 1. The number of hydrogen-bond acceptors (Lipinski definition) is 1. The van der Waals surface area contributed by atoms with Gasteiger partial charge in [-0.3, -0.25) is 4.79 Å². The van der Waals surface area contributed by atoms with Crippen LogP contribution in [0.2, 0.25) is 5.02 Å². The Morgan fingerprint density at radius 2 is 2.25 bits per heavy atom. The van der Waals surface area contributed by atoms with Crippen molar-refractivity contribution in [1.29, 1.82) is 0 Å². The highest BCUT2D eigenvalue weighted by atomic mass is 35.5. The van der Waals surface area contributed by atoms with E-state index >= 15 is 0 Å². The van der Waals surface area contributed by atoms with Crippen molar-refractivity contribution >= 4 is 17.5 Å². The van der Waals surface area contributed by atoms with Crippen LogP contribution in [-0.2, 0) is 0 Å². The highest BCUT2D eigenvalue weighted by Crippen LogP contribution is 2.17. The maximum Gasteiger partial charge on any atom is 0.254 e. The molecular weight excluding hydrogens is 181 g/mol. The van der Waals surface area contributed by atoms with Crippen LogP contribution in [0.1, 0.15) is 10.4 Å². The fourth-order valence-corrected chi connectivity index (χ4v) is 0.988. The molecular formula is C8H7ClFNO. The van der Waals surface area contributed by atoms with Gasteiger partial charge in [-0.2, -0.15) is 0 Å². The van der Waals surface area contributed by atoms with Crippen molar-refractivity contribution < 1.29 is 9.18 Å². The molecule has 0 unspecified atom stereocenters. The van der Waals surface area contributed by atoms with Crippen LogP contribution in [-0.4, -0.2) is 13.0 Å². The van der Waals surface area contributed by atoms with Gasteiger partial charge in [0.05, 0.1) is 10.6 Å². The molecule has 1 aromatic carbocycles. The van der Waals surface area contributed by atoms with Gasteiger partial charge in [0.25, 0.3) is 5.91 Å². The molecule has 64 valence electrons. The SMILES string of the molecule is CNC(=O)c1cccc(Cl)c1F. The number of nitrogens with one attached hydrogen (secondary N) is 1. The van der Waals surface area contributed by atoms with Crippen molar-refractivity contribution in [3.05, 3.63) is 34.6 Å². The Hall–Kier alpha value is -1.09. The van der Waals surface area contributed by atoms with E-state index in [0.29, 0.717) is 0 Å². The lowest BCUT2D eigenvalue weighted by Gasteiger charge is -2.01. The normalized spacial score (nSPS) is 9.58. The van der Waals surface area contributed by atoms with Crippen LogP contribution in [0.25, 0.3) is 0 Å². The average molecular weight is 188 g/mol. The molecule has 0 heterocycles. The van der Waals surface area contributed by atoms with Crippen LogP contribution in [0.4, 0.5) is 4.39 Å². The Morgan fingerprint density at radius 3 is 2.83 bits per heavy atom. The number of rotatable bonds is 1. The van der Waals surface area contributed by atoms with Gasteiger partial charge >= 0.3 is 0 Å². The molecule has 1 amide bonds. The molecule has 0 saturated carbocycles. The van der Waals surface area contributed by atoms with Crippen molar-refractivity contribution in [1.82, 2.24) is 5.32 Å². The standard InChI is InChI=1S/C8H7ClFNO/c1-11-8(12)5-3-2-4-6(9)7(5)10/h2-4H,1H3,(H,11,12). The summed E-state index contributed by atoms with van der Waals surface area (Å²) < 4.78 is 13.0. The first-order chi connectivity index (χ1) is 5.66. The fourth-order valence-electron chi connectivity index (χ4n) is 0.814. The predicted molar refractivity (Wildman–Crippen MR) is 44.8 cm³/mol. The molecule has 4 heteroatoms. The zero-order valence-corrected chi connectivity index (χ0v) is 7.15. The Labute approximate surface area is 74.3 Å². The molecule has 0 aliphatic carbocycles. The average Bonchev–Trinajstić information content (AvgIpc) is 2.08. The summed E-state index contributed by atoms with van der Waals surface area (Å²) in [7, 11) is 1.43. The Bertz CT molecular complexity index is 314. The van der Waals surface area contributed by atoms with Gasteiger partial charge < -0.3 is 5.32 Å². The van der Waals surface area contributed by atoms with Crippen LogP contribution in [0.3, 0.4) is 0 Å². The third kappa shape index (κ3) is 1.56. The van der Waals surface area contributed by atoms with Gasteiger partial charge in [-0.15, -0.1) is 0 Å². The highest BCUT2D eigenvalue weighted by molar-refractivity contribution is 6.31. The molecule has 1 rings (SSSR count). The van der Waals surface area contributed by atoms with Crippen LogP contribution < -0.4 is 5.32 Å². The largest absolute Gasteiger partial charge is 0.355 e. The van der Waals surface area contributed by atoms with E-state index in [4.69, 9.17) is 11.6 Å². The first-order valence-corrected chi connectivity index (χ1v) is 3.70. The summed E-state index contributed by atoms with van der Waals surface area (Å²) >= 11 is 5.46. The van der Waals surface area contributed by atoms with E-state index in [0.717, 1.165) is 0 Å². The van der Waals surface area contributed by atoms with Crippen LogP contribution >= 0.6 is 11.6 Å². The van der Waals surface area contributed by atoms with Gasteiger partial charge in [-0.1, -0.05) is 17.7 Å². The Kier molecular flexibility index (Phi) is 2.65. The molecule has 0 aliphatic heterocycles. The molecule has 1 N–H and O–H groups in total. The molecule has 0 atom stereocenters. The molecule has 0 aliphatic rings. The molecule has 0 bridgehead atoms. The number of carbonyl (C=O) groups excluding carboxylic acids is 1. The van der Waals surface area contributed by atoms with Gasteiger partial charge in [-0.05, 0) is 12.1 Å². The van der Waals surface area contributed by atoms with Gasteiger partial charge in [0.1, 0.15) is 0 Å². The molecule has 0 radical (unpaired) electrons. The first-order valence-electron chi connectivity index (χ1n) is 3.33. The zero-order chi connectivity index (χ0) is 9.14. The van der Waals surface area contributed by atoms with Gasteiger partial charge in [0, 0.05) is 7.05 Å². The summed E-state index contributed by atoms with van der Waals surface area (Å²) in [6.45, 7) is 0. The van der Waals surface area contributed by atoms with E-state index in [1.807, 2.05) is 0 Å². The Balaban J connectivity index is 3.16. The van der Waals surface area contributed by atoms with Crippen molar-refractivity contribution in [3.8, 4) is 0 Å². The second kappa shape index (κ2) is 3.54. The first kappa shape index (κ1) is 9.00. The number of amides is 1. The second-order valence-electron chi connectivity index (χ2n) is 2.18. The van der Waals surface area contributed by atoms with Crippen molar-refractivity contribution in [2.24, 2.45) is 0 Å². The van der Waals surface area contributed by atoms with Crippen LogP contribution in [0, 0.1) is 5.82 Å².